The third-order valence-corrected chi connectivity index (χ3v) is 5.52. The Morgan fingerprint density at radius 3 is 2.16 bits per heavy atom. The Morgan fingerprint density at radius 2 is 1.53 bits per heavy atom. The first-order chi connectivity index (χ1) is 9.33. The fourth-order valence-corrected chi connectivity index (χ4v) is 4.03. The molecule has 0 aromatic rings. The number of rotatable bonds is 12. The maximum absolute atomic E-state index is 11.8. The molecule has 0 N–H and O–H groups in total. The highest BCUT2D eigenvalue weighted by atomic mass is 32.2. The van der Waals surface area contributed by atoms with Crippen molar-refractivity contribution in [2.75, 3.05) is 5.75 Å². The Labute approximate surface area is 124 Å². The molecule has 1 rings (SSSR count). The molecule has 0 saturated heterocycles. The summed E-state index contributed by atoms with van der Waals surface area (Å²) in [5, 5.41) is 0.794. The SMILES string of the molecule is CCCCCCCCCCC(=O)CSC1CCCC1. The second-order valence-electron chi connectivity index (χ2n) is 5.98. The van der Waals surface area contributed by atoms with Crippen LogP contribution in [-0.4, -0.2) is 16.8 Å². The summed E-state index contributed by atoms with van der Waals surface area (Å²) in [6, 6.07) is 0. The van der Waals surface area contributed by atoms with Crippen LogP contribution in [0.1, 0.15) is 90.4 Å². The zero-order chi connectivity index (χ0) is 13.8. The van der Waals surface area contributed by atoms with Crippen molar-refractivity contribution in [3.8, 4) is 0 Å². The smallest absolute Gasteiger partial charge is 0.142 e. The molecule has 0 aliphatic heterocycles. The number of hydrogen-bond acceptors (Lipinski definition) is 2. The monoisotopic (exact) mass is 284 g/mol. The van der Waals surface area contributed by atoms with Crippen molar-refractivity contribution in [1.29, 1.82) is 0 Å². The molecule has 1 nitrogen and oxygen atoms in total. The van der Waals surface area contributed by atoms with Gasteiger partial charge in [-0.1, -0.05) is 64.7 Å². The van der Waals surface area contributed by atoms with Crippen LogP contribution in [0, 0.1) is 0 Å². The molecule has 0 unspecified atom stereocenters. The van der Waals surface area contributed by atoms with Gasteiger partial charge in [0.05, 0.1) is 5.75 Å². The summed E-state index contributed by atoms with van der Waals surface area (Å²) in [6.45, 7) is 2.26. The molecule has 0 heterocycles. The summed E-state index contributed by atoms with van der Waals surface area (Å²) >= 11 is 1.92. The maximum Gasteiger partial charge on any atom is 0.142 e. The lowest BCUT2D eigenvalue weighted by molar-refractivity contribution is -0.116. The van der Waals surface area contributed by atoms with Crippen LogP contribution < -0.4 is 0 Å². The van der Waals surface area contributed by atoms with Gasteiger partial charge >= 0.3 is 0 Å². The molecule has 0 amide bonds. The summed E-state index contributed by atoms with van der Waals surface area (Å²) in [5.41, 5.74) is 0. The molecule has 0 radical (unpaired) electrons. The van der Waals surface area contributed by atoms with Crippen molar-refractivity contribution in [2.24, 2.45) is 0 Å². The predicted molar refractivity (Wildman–Crippen MR) is 86.9 cm³/mol. The van der Waals surface area contributed by atoms with Crippen molar-refractivity contribution in [3.05, 3.63) is 0 Å². The number of thioether (sulfide) groups is 1. The molecule has 19 heavy (non-hydrogen) atoms. The van der Waals surface area contributed by atoms with Gasteiger partial charge in [-0.25, -0.2) is 0 Å². The van der Waals surface area contributed by atoms with Crippen LogP contribution in [0.25, 0.3) is 0 Å². The molecule has 112 valence electrons. The number of unbranched alkanes of at least 4 members (excludes halogenated alkanes) is 7. The van der Waals surface area contributed by atoms with E-state index in [0.717, 1.165) is 23.8 Å². The number of Topliss-reactive ketones (excluding diaryl/α,β-unsaturated/α-hetero) is 1. The van der Waals surface area contributed by atoms with Gasteiger partial charge in [0.2, 0.25) is 0 Å². The van der Waals surface area contributed by atoms with E-state index in [1.807, 2.05) is 11.8 Å². The zero-order valence-corrected chi connectivity index (χ0v) is 13.6. The van der Waals surface area contributed by atoms with Crippen molar-refractivity contribution in [2.45, 2.75) is 95.6 Å². The third kappa shape index (κ3) is 9.54. The lowest BCUT2D eigenvalue weighted by Crippen LogP contribution is -2.05. The van der Waals surface area contributed by atoms with Crippen LogP contribution >= 0.6 is 11.8 Å². The Kier molecular flexibility index (Phi) is 10.6. The minimum Gasteiger partial charge on any atom is -0.299 e. The number of carbonyl (C=O) groups excluding carboxylic acids is 1. The van der Waals surface area contributed by atoms with Gasteiger partial charge in [-0.15, -0.1) is 0 Å². The van der Waals surface area contributed by atoms with Crippen LogP contribution in [0.4, 0.5) is 0 Å². The number of carbonyl (C=O) groups is 1. The Hall–Kier alpha value is 0.0200. The first-order valence-electron chi connectivity index (χ1n) is 8.46. The largest absolute Gasteiger partial charge is 0.299 e. The first kappa shape index (κ1) is 17.1. The lowest BCUT2D eigenvalue weighted by Gasteiger charge is -2.07. The molecule has 0 spiro atoms. The van der Waals surface area contributed by atoms with Crippen LogP contribution in [-0.2, 0) is 4.79 Å². The number of hydrogen-bond donors (Lipinski definition) is 0. The lowest BCUT2D eigenvalue weighted by atomic mass is 10.1. The molecule has 0 bridgehead atoms. The van der Waals surface area contributed by atoms with Crippen molar-refractivity contribution in [1.82, 2.24) is 0 Å². The van der Waals surface area contributed by atoms with Gasteiger partial charge in [0.1, 0.15) is 5.78 Å². The van der Waals surface area contributed by atoms with Gasteiger partial charge in [-0.2, -0.15) is 11.8 Å². The van der Waals surface area contributed by atoms with Gasteiger partial charge in [-0.05, 0) is 19.3 Å². The Bertz CT molecular complexity index is 221. The normalized spacial score (nSPS) is 16.1. The summed E-state index contributed by atoms with van der Waals surface area (Å²) in [4.78, 5) is 11.8. The van der Waals surface area contributed by atoms with Crippen molar-refractivity contribution >= 4 is 17.5 Å². The Balaban J connectivity index is 1.81. The fourth-order valence-electron chi connectivity index (χ4n) is 2.79. The van der Waals surface area contributed by atoms with Gasteiger partial charge in [-0.3, -0.25) is 4.79 Å². The van der Waals surface area contributed by atoms with Crippen LogP contribution in [0.3, 0.4) is 0 Å². The van der Waals surface area contributed by atoms with E-state index in [1.165, 1.54) is 70.6 Å². The molecule has 0 aromatic heterocycles. The second kappa shape index (κ2) is 11.8. The summed E-state index contributed by atoms with van der Waals surface area (Å²) < 4.78 is 0. The van der Waals surface area contributed by atoms with E-state index in [4.69, 9.17) is 0 Å². The minimum absolute atomic E-state index is 0.489. The van der Waals surface area contributed by atoms with Gasteiger partial charge < -0.3 is 0 Å². The first-order valence-corrected chi connectivity index (χ1v) is 9.51. The Morgan fingerprint density at radius 1 is 0.947 bits per heavy atom. The van der Waals surface area contributed by atoms with Gasteiger partial charge in [0.25, 0.3) is 0 Å². The minimum atomic E-state index is 0.489. The quantitative estimate of drug-likeness (QED) is 0.424. The summed E-state index contributed by atoms with van der Waals surface area (Å²) in [5.74, 6) is 1.27. The van der Waals surface area contributed by atoms with Gasteiger partial charge in [0.15, 0.2) is 0 Å². The molecule has 2 heteroatoms. The van der Waals surface area contributed by atoms with E-state index < -0.39 is 0 Å². The molecular weight excluding hydrogens is 252 g/mol. The topological polar surface area (TPSA) is 17.1 Å². The zero-order valence-electron chi connectivity index (χ0n) is 12.8. The molecule has 0 atom stereocenters. The molecule has 1 saturated carbocycles. The highest BCUT2D eigenvalue weighted by Gasteiger charge is 2.16. The molecule has 1 aliphatic carbocycles. The van der Waals surface area contributed by atoms with E-state index in [0.29, 0.717) is 5.78 Å². The van der Waals surface area contributed by atoms with Gasteiger partial charge in [0, 0.05) is 11.7 Å². The van der Waals surface area contributed by atoms with Crippen LogP contribution in [0.15, 0.2) is 0 Å². The van der Waals surface area contributed by atoms with E-state index >= 15 is 0 Å². The van der Waals surface area contributed by atoms with Crippen molar-refractivity contribution in [3.63, 3.8) is 0 Å². The third-order valence-electron chi connectivity index (χ3n) is 4.09. The molecule has 0 aromatic carbocycles. The van der Waals surface area contributed by atoms with E-state index in [-0.39, 0.29) is 0 Å². The average molecular weight is 285 g/mol. The molecule has 1 aliphatic rings. The standard InChI is InChI=1S/C17H32OS/c1-2-3-4-5-6-7-8-9-12-16(18)15-19-17-13-10-11-14-17/h17H,2-15H2,1H3. The number of ketones is 1. The maximum atomic E-state index is 11.8. The molecule has 1 fully saturated rings. The second-order valence-corrected chi connectivity index (χ2v) is 7.27. The van der Waals surface area contributed by atoms with E-state index in [2.05, 4.69) is 6.92 Å². The highest BCUT2D eigenvalue weighted by Crippen LogP contribution is 2.29. The fraction of sp³-hybridized carbons (Fsp3) is 0.941. The van der Waals surface area contributed by atoms with Crippen LogP contribution in [0.5, 0.6) is 0 Å². The summed E-state index contributed by atoms with van der Waals surface area (Å²) in [6.07, 6.45) is 16.8. The average Bonchev–Trinajstić information content (AvgIpc) is 2.93. The highest BCUT2D eigenvalue weighted by molar-refractivity contribution is 8.00. The van der Waals surface area contributed by atoms with Crippen molar-refractivity contribution < 1.29 is 4.79 Å². The van der Waals surface area contributed by atoms with E-state index in [9.17, 15) is 4.79 Å². The van der Waals surface area contributed by atoms with Crippen LogP contribution in [0.2, 0.25) is 0 Å². The molecular formula is C17H32OS. The van der Waals surface area contributed by atoms with E-state index in [1.54, 1.807) is 0 Å². The summed E-state index contributed by atoms with van der Waals surface area (Å²) in [7, 11) is 0. The predicted octanol–water partition coefficient (Wildman–Crippen LogP) is 5.76.